The molecule has 7 heteroatoms. The van der Waals surface area contributed by atoms with Crippen LogP contribution >= 0.6 is 0 Å². The summed E-state index contributed by atoms with van der Waals surface area (Å²) in [5.41, 5.74) is 2.82. The number of aromatic nitrogens is 2. The number of aryl methyl sites for hydroxylation is 1. The molecule has 3 aromatic rings. The number of carbonyl (C=O) groups is 1. The summed E-state index contributed by atoms with van der Waals surface area (Å²) in [6.07, 6.45) is 2.59. The summed E-state index contributed by atoms with van der Waals surface area (Å²) >= 11 is 0. The van der Waals surface area contributed by atoms with Crippen LogP contribution in [0.15, 0.2) is 53.1 Å². The van der Waals surface area contributed by atoms with Crippen molar-refractivity contribution in [2.75, 3.05) is 13.1 Å². The van der Waals surface area contributed by atoms with Gasteiger partial charge in [-0.3, -0.25) is 9.69 Å². The number of carbonyl (C=O) groups excluding carboxylic acids is 1. The lowest BCUT2D eigenvalue weighted by atomic mass is 9.88. The van der Waals surface area contributed by atoms with Gasteiger partial charge in [-0.1, -0.05) is 47.6 Å². The van der Waals surface area contributed by atoms with E-state index in [9.17, 15) is 4.79 Å². The van der Waals surface area contributed by atoms with Crippen LogP contribution < -0.4 is 10.1 Å². The first-order chi connectivity index (χ1) is 16.4. The molecule has 7 nitrogen and oxygen atoms in total. The molecule has 1 aromatic heterocycles. The van der Waals surface area contributed by atoms with E-state index in [-0.39, 0.29) is 23.5 Å². The smallest absolute Gasteiger partial charge is 0.241 e. The van der Waals surface area contributed by atoms with Crippen molar-refractivity contribution in [1.29, 1.82) is 0 Å². The number of nitrogens with one attached hydrogen (secondary N) is 1. The molecular weight excluding hydrogens is 428 g/mol. The Labute approximate surface area is 200 Å². The molecular formula is C27H32N4O3. The van der Waals surface area contributed by atoms with Gasteiger partial charge in [-0.05, 0) is 51.8 Å². The van der Waals surface area contributed by atoms with E-state index in [2.05, 4.69) is 59.3 Å². The number of amides is 1. The predicted octanol–water partition coefficient (Wildman–Crippen LogP) is 4.68. The highest BCUT2D eigenvalue weighted by molar-refractivity contribution is 5.79. The van der Waals surface area contributed by atoms with Crippen molar-refractivity contribution in [1.82, 2.24) is 20.4 Å². The van der Waals surface area contributed by atoms with Gasteiger partial charge in [0.25, 0.3) is 0 Å². The first-order valence-electron chi connectivity index (χ1n) is 12.1. The molecule has 0 aliphatic carbocycles. The number of rotatable bonds is 5. The predicted molar refractivity (Wildman–Crippen MR) is 129 cm³/mol. The normalized spacial score (nSPS) is 22.0. The lowest BCUT2D eigenvalue weighted by Gasteiger charge is -2.39. The third kappa shape index (κ3) is 4.99. The van der Waals surface area contributed by atoms with Gasteiger partial charge >= 0.3 is 0 Å². The van der Waals surface area contributed by atoms with Crippen LogP contribution in [-0.4, -0.2) is 39.6 Å². The second-order valence-corrected chi connectivity index (χ2v) is 10.1. The van der Waals surface area contributed by atoms with Crippen LogP contribution in [0.2, 0.25) is 0 Å². The number of benzene rings is 2. The second kappa shape index (κ2) is 9.22. The molecule has 2 unspecified atom stereocenters. The SMILES string of the molecule is Cc1ccc2c(c1)OC(C)(C)CC2NC(=O)C1CCCN(Cc2nc(-c3ccccc3)no2)C1. The van der Waals surface area contributed by atoms with Gasteiger partial charge in [-0.2, -0.15) is 4.98 Å². The van der Waals surface area contributed by atoms with Gasteiger partial charge in [0.1, 0.15) is 11.4 Å². The molecule has 0 saturated carbocycles. The van der Waals surface area contributed by atoms with Gasteiger partial charge in [0, 0.05) is 24.1 Å². The summed E-state index contributed by atoms with van der Waals surface area (Å²) < 4.78 is 11.7. The molecule has 1 amide bonds. The maximum absolute atomic E-state index is 13.3. The zero-order chi connectivity index (χ0) is 23.7. The van der Waals surface area contributed by atoms with E-state index in [0.717, 1.165) is 48.2 Å². The molecule has 1 N–H and O–H groups in total. The fourth-order valence-electron chi connectivity index (χ4n) is 5.01. The van der Waals surface area contributed by atoms with Crippen molar-refractivity contribution in [2.24, 2.45) is 5.92 Å². The van der Waals surface area contributed by atoms with E-state index in [0.29, 0.717) is 24.8 Å². The van der Waals surface area contributed by atoms with E-state index in [1.165, 1.54) is 0 Å². The average molecular weight is 461 g/mol. The van der Waals surface area contributed by atoms with Crippen molar-refractivity contribution in [2.45, 2.75) is 58.2 Å². The maximum Gasteiger partial charge on any atom is 0.241 e. The molecule has 2 aromatic carbocycles. The number of ether oxygens (including phenoxy) is 1. The quantitative estimate of drug-likeness (QED) is 0.596. The minimum Gasteiger partial charge on any atom is -0.487 e. The average Bonchev–Trinajstić information content (AvgIpc) is 3.27. The second-order valence-electron chi connectivity index (χ2n) is 10.1. The lowest BCUT2D eigenvalue weighted by Crippen LogP contribution is -2.46. The molecule has 1 saturated heterocycles. The van der Waals surface area contributed by atoms with Crippen molar-refractivity contribution in [3.63, 3.8) is 0 Å². The highest BCUT2D eigenvalue weighted by atomic mass is 16.5. The number of fused-ring (bicyclic) bond motifs is 1. The molecule has 3 heterocycles. The number of hydrogen-bond donors (Lipinski definition) is 1. The third-order valence-electron chi connectivity index (χ3n) is 6.68. The van der Waals surface area contributed by atoms with Crippen molar-refractivity contribution >= 4 is 5.91 Å². The number of likely N-dealkylation sites (tertiary alicyclic amines) is 1. The Balaban J connectivity index is 1.23. The summed E-state index contributed by atoms with van der Waals surface area (Å²) in [4.78, 5) is 20.1. The van der Waals surface area contributed by atoms with Crippen LogP contribution in [0.5, 0.6) is 5.75 Å². The van der Waals surface area contributed by atoms with Crippen molar-refractivity contribution in [3.8, 4) is 17.1 Å². The molecule has 0 radical (unpaired) electrons. The molecule has 2 atom stereocenters. The van der Waals surface area contributed by atoms with Crippen molar-refractivity contribution < 1.29 is 14.1 Å². The Hall–Kier alpha value is -3.19. The van der Waals surface area contributed by atoms with Gasteiger partial charge in [0.05, 0.1) is 18.5 Å². The minimum atomic E-state index is -0.328. The van der Waals surface area contributed by atoms with E-state index >= 15 is 0 Å². The van der Waals surface area contributed by atoms with E-state index in [1.807, 2.05) is 30.3 Å². The third-order valence-corrected chi connectivity index (χ3v) is 6.68. The van der Waals surface area contributed by atoms with Crippen LogP contribution in [0.1, 0.15) is 56.2 Å². The first-order valence-corrected chi connectivity index (χ1v) is 12.1. The summed E-state index contributed by atoms with van der Waals surface area (Å²) in [5.74, 6) is 2.09. The monoisotopic (exact) mass is 460 g/mol. The Kier molecular flexibility index (Phi) is 6.13. The molecule has 1 fully saturated rings. The zero-order valence-electron chi connectivity index (χ0n) is 20.1. The Morgan fingerprint density at radius 3 is 2.85 bits per heavy atom. The number of nitrogens with zero attached hydrogens (tertiary/aromatic N) is 3. The summed E-state index contributed by atoms with van der Waals surface area (Å²) in [6, 6.07) is 16.0. The number of piperidine rings is 1. The molecule has 5 rings (SSSR count). The van der Waals surface area contributed by atoms with Crippen LogP contribution in [0.3, 0.4) is 0 Å². The van der Waals surface area contributed by atoms with Gasteiger partial charge in [-0.15, -0.1) is 0 Å². The molecule has 178 valence electrons. The van der Waals surface area contributed by atoms with Gasteiger partial charge in [0.15, 0.2) is 0 Å². The zero-order valence-corrected chi connectivity index (χ0v) is 20.1. The largest absolute Gasteiger partial charge is 0.487 e. The molecule has 34 heavy (non-hydrogen) atoms. The van der Waals surface area contributed by atoms with Gasteiger partial charge in [-0.25, -0.2) is 0 Å². The van der Waals surface area contributed by atoms with Crippen molar-refractivity contribution in [3.05, 3.63) is 65.5 Å². The maximum atomic E-state index is 13.3. The first kappa shape index (κ1) is 22.6. The van der Waals surface area contributed by atoms with E-state index < -0.39 is 0 Å². The Morgan fingerprint density at radius 1 is 1.21 bits per heavy atom. The van der Waals surface area contributed by atoms with Crippen LogP contribution in [0.4, 0.5) is 0 Å². The Bertz CT molecular complexity index is 1160. The van der Waals surface area contributed by atoms with Gasteiger partial charge in [0.2, 0.25) is 17.6 Å². The fraction of sp³-hybridized carbons (Fsp3) is 0.444. The molecule has 0 spiro atoms. The lowest BCUT2D eigenvalue weighted by molar-refractivity contribution is -0.128. The highest BCUT2D eigenvalue weighted by Crippen LogP contribution is 2.40. The summed E-state index contributed by atoms with van der Waals surface area (Å²) in [7, 11) is 0. The summed E-state index contributed by atoms with van der Waals surface area (Å²) in [6.45, 7) is 8.36. The molecule has 2 aliphatic heterocycles. The Morgan fingerprint density at radius 2 is 2.03 bits per heavy atom. The molecule has 2 aliphatic rings. The highest BCUT2D eigenvalue weighted by Gasteiger charge is 2.36. The topological polar surface area (TPSA) is 80.5 Å². The van der Waals surface area contributed by atoms with E-state index in [4.69, 9.17) is 9.26 Å². The summed E-state index contributed by atoms with van der Waals surface area (Å²) in [5, 5.41) is 7.45. The van der Waals surface area contributed by atoms with Crippen LogP contribution in [0.25, 0.3) is 11.4 Å². The van der Waals surface area contributed by atoms with E-state index in [1.54, 1.807) is 0 Å². The number of hydrogen-bond acceptors (Lipinski definition) is 6. The minimum absolute atomic E-state index is 0.0494. The van der Waals surface area contributed by atoms with Gasteiger partial charge < -0.3 is 14.6 Å². The fourth-order valence-corrected chi connectivity index (χ4v) is 5.01. The van der Waals surface area contributed by atoms with Crippen LogP contribution in [0, 0.1) is 12.8 Å². The van der Waals surface area contributed by atoms with Crippen LogP contribution in [-0.2, 0) is 11.3 Å². The standard InChI is InChI=1S/C27H32N4O3/c1-18-11-12-21-22(15-27(2,3)33-23(21)14-18)28-26(32)20-10-7-13-31(16-20)17-24-29-25(30-34-24)19-8-5-4-6-9-19/h4-6,8-9,11-12,14,20,22H,7,10,13,15-17H2,1-3H3,(H,28,32). The molecule has 0 bridgehead atoms.